The van der Waals surface area contributed by atoms with Gasteiger partial charge >= 0.3 is 5.97 Å². The molecule has 0 saturated carbocycles. The summed E-state index contributed by atoms with van der Waals surface area (Å²) in [5.74, 6) is -0.892. The van der Waals surface area contributed by atoms with Crippen LogP contribution in [-0.2, 0) is 20.9 Å². The number of rotatable bonds is 7. The molecule has 0 spiro atoms. The molecule has 2 aromatic rings. The summed E-state index contributed by atoms with van der Waals surface area (Å²) in [5.41, 5.74) is 2.81. The minimum Gasteiger partial charge on any atom is -0.465 e. The van der Waals surface area contributed by atoms with Gasteiger partial charge in [-0.25, -0.2) is 4.79 Å². The summed E-state index contributed by atoms with van der Waals surface area (Å²) in [5, 5.41) is 2.72. The molecule has 2 aromatic carbocycles. The van der Waals surface area contributed by atoms with E-state index >= 15 is 0 Å². The lowest BCUT2D eigenvalue weighted by molar-refractivity contribution is -0.129. The first-order valence-corrected chi connectivity index (χ1v) is 8.69. The van der Waals surface area contributed by atoms with Crippen LogP contribution in [0, 0.1) is 6.92 Å². The number of nitrogens with one attached hydrogen (secondary N) is 1. The lowest BCUT2D eigenvalue weighted by Gasteiger charge is -2.21. The minimum absolute atomic E-state index is 0.0979. The van der Waals surface area contributed by atoms with E-state index in [0.717, 1.165) is 11.1 Å². The molecule has 142 valence electrons. The number of carbonyl (C=O) groups is 3. The van der Waals surface area contributed by atoms with Crippen molar-refractivity contribution in [2.45, 2.75) is 26.8 Å². The molecule has 0 saturated heterocycles. The number of hydrogen-bond donors (Lipinski definition) is 1. The maximum Gasteiger partial charge on any atom is 0.339 e. The quantitative estimate of drug-likeness (QED) is 0.762. The molecule has 2 amide bonds. The van der Waals surface area contributed by atoms with E-state index in [2.05, 4.69) is 5.32 Å². The van der Waals surface area contributed by atoms with Crippen LogP contribution in [0.3, 0.4) is 0 Å². The second kappa shape index (κ2) is 9.52. The second-order valence-electron chi connectivity index (χ2n) is 6.26. The molecular formula is C21H24N2O4. The summed E-state index contributed by atoms with van der Waals surface area (Å²) in [6, 6.07) is 14.6. The lowest BCUT2D eigenvalue weighted by Crippen LogP contribution is -2.31. The predicted molar refractivity (Wildman–Crippen MR) is 103 cm³/mol. The summed E-state index contributed by atoms with van der Waals surface area (Å²) >= 11 is 0. The van der Waals surface area contributed by atoms with Crippen LogP contribution in [0.4, 0.5) is 5.69 Å². The van der Waals surface area contributed by atoms with Gasteiger partial charge in [0.2, 0.25) is 11.8 Å². The average Bonchev–Trinajstić information content (AvgIpc) is 2.64. The van der Waals surface area contributed by atoms with Gasteiger partial charge in [-0.3, -0.25) is 9.59 Å². The van der Waals surface area contributed by atoms with Crippen molar-refractivity contribution < 1.29 is 19.1 Å². The summed E-state index contributed by atoms with van der Waals surface area (Å²) in [6.45, 7) is 4.21. The van der Waals surface area contributed by atoms with E-state index in [0.29, 0.717) is 12.2 Å². The normalized spacial score (nSPS) is 10.2. The third-order valence-electron chi connectivity index (χ3n) is 4.12. The van der Waals surface area contributed by atoms with Crippen LogP contribution in [0.2, 0.25) is 0 Å². The van der Waals surface area contributed by atoms with Gasteiger partial charge in [-0.1, -0.05) is 42.0 Å². The first kappa shape index (κ1) is 20.2. The molecule has 6 heteroatoms. The SMILES string of the molecule is COC(=O)c1ccccc1NC(=O)CCN(Cc1cccc(C)c1)C(C)=O. The number of esters is 1. The molecule has 0 bridgehead atoms. The number of aryl methyl sites for hydroxylation is 1. The van der Waals surface area contributed by atoms with Crippen molar-refractivity contribution in [3.63, 3.8) is 0 Å². The highest BCUT2D eigenvalue weighted by Gasteiger charge is 2.15. The van der Waals surface area contributed by atoms with Crippen molar-refractivity contribution >= 4 is 23.5 Å². The number of amides is 2. The third-order valence-corrected chi connectivity index (χ3v) is 4.12. The Morgan fingerprint density at radius 3 is 2.48 bits per heavy atom. The summed E-state index contributed by atoms with van der Waals surface area (Å²) in [6.07, 6.45) is 0.126. The Labute approximate surface area is 159 Å². The molecule has 0 aliphatic rings. The predicted octanol–water partition coefficient (Wildman–Crippen LogP) is 3.16. The van der Waals surface area contributed by atoms with Gasteiger partial charge in [0.05, 0.1) is 18.4 Å². The van der Waals surface area contributed by atoms with E-state index in [1.807, 2.05) is 31.2 Å². The fourth-order valence-electron chi connectivity index (χ4n) is 2.71. The van der Waals surface area contributed by atoms with E-state index in [-0.39, 0.29) is 30.3 Å². The molecule has 1 N–H and O–H groups in total. The smallest absolute Gasteiger partial charge is 0.339 e. The van der Waals surface area contributed by atoms with E-state index < -0.39 is 5.97 Å². The standard InChI is InChI=1S/C21H24N2O4/c1-15-7-6-8-17(13-15)14-23(16(2)24)12-11-20(25)22-19-10-5-4-9-18(19)21(26)27-3/h4-10,13H,11-12,14H2,1-3H3,(H,22,25). The van der Waals surface area contributed by atoms with Crippen LogP contribution in [0.5, 0.6) is 0 Å². The zero-order valence-electron chi connectivity index (χ0n) is 15.8. The second-order valence-corrected chi connectivity index (χ2v) is 6.26. The van der Waals surface area contributed by atoms with Crippen molar-refractivity contribution in [1.29, 1.82) is 0 Å². The van der Waals surface area contributed by atoms with E-state index in [1.54, 1.807) is 29.2 Å². The molecule has 0 atom stereocenters. The highest BCUT2D eigenvalue weighted by atomic mass is 16.5. The Balaban J connectivity index is 1.98. The van der Waals surface area contributed by atoms with Gasteiger partial charge in [0.25, 0.3) is 0 Å². The molecule has 0 heterocycles. The Bertz CT molecular complexity index is 832. The van der Waals surface area contributed by atoms with Crippen LogP contribution >= 0.6 is 0 Å². The molecule has 6 nitrogen and oxygen atoms in total. The average molecular weight is 368 g/mol. The Morgan fingerprint density at radius 2 is 1.81 bits per heavy atom. The number of methoxy groups -OCH3 is 1. The number of para-hydroxylation sites is 1. The molecule has 0 radical (unpaired) electrons. The fourth-order valence-corrected chi connectivity index (χ4v) is 2.71. The Morgan fingerprint density at radius 1 is 1.07 bits per heavy atom. The molecule has 0 aliphatic heterocycles. The van der Waals surface area contributed by atoms with Crippen molar-refractivity contribution in [3.8, 4) is 0 Å². The molecule has 27 heavy (non-hydrogen) atoms. The van der Waals surface area contributed by atoms with Gasteiger partial charge in [-0.2, -0.15) is 0 Å². The zero-order valence-corrected chi connectivity index (χ0v) is 15.8. The zero-order chi connectivity index (χ0) is 19.8. The van der Waals surface area contributed by atoms with Crippen LogP contribution in [-0.4, -0.2) is 36.3 Å². The highest BCUT2D eigenvalue weighted by molar-refractivity contribution is 6.01. The number of anilines is 1. The first-order chi connectivity index (χ1) is 12.9. The molecule has 0 aromatic heterocycles. The van der Waals surface area contributed by atoms with Gasteiger partial charge in [-0.15, -0.1) is 0 Å². The van der Waals surface area contributed by atoms with Crippen LogP contribution < -0.4 is 5.32 Å². The molecule has 0 fully saturated rings. The summed E-state index contributed by atoms with van der Waals surface area (Å²) in [4.78, 5) is 37.6. The van der Waals surface area contributed by atoms with Crippen molar-refractivity contribution in [3.05, 3.63) is 65.2 Å². The molecule has 2 rings (SSSR count). The lowest BCUT2D eigenvalue weighted by atomic mass is 10.1. The summed E-state index contributed by atoms with van der Waals surface area (Å²) in [7, 11) is 1.29. The number of hydrogen-bond acceptors (Lipinski definition) is 4. The number of carbonyl (C=O) groups excluding carboxylic acids is 3. The summed E-state index contributed by atoms with van der Waals surface area (Å²) < 4.78 is 4.72. The van der Waals surface area contributed by atoms with Gasteiger partial charge in [0, 0.05) is 26.4 Å². The maximum absolute atomic E-state index is 12.3. The van der Waals surface area contributed by atoms with Crippen LogP contribution in [0.25, 0.3) is 0 Å². The Kier molecular flexibility index (Phi) is 7.11. The van der Waals surface area contributed by atoms with E-state index in [4.69, 9.17) is 4.74 Å². The largest absolute Gasteiger partial charge is 0.465 e. The Hall–Kier alpha value is -3.15. The topological polar surface area (TPSA) is 75.7 Å². The van der Waals surface area contributed by atoms with Crippen LogP contribution in [0.15, 0.2) is 48.5 Å². The third kappa shape index (κ3) is 5.95. The number of ether oxygens (including phenoxy) is 1. The number of nitrogens with zero attached hydrogens (tertiary/aromatic N) is 1. The highest BCUT2D eigenvalue weighted by Crippen LogP contribution is 2.16. The monoisotopic (exact) mass is 368 g/mol. The molecule has 0 aliphatic carbocycles. The molecular weight excluding hydrogens is 344 g/mol. The van der Waals surface area contributed by atoms with Crippen molar-refractivity contribution in [1.82, 2.24) is 4.90 Å². The van der Waals surface area contributed by atoms with Crippen LogP contribution in [0.1, 0.15) is 34.8 Å². The van der Waals surface area contributed by atoms with E-state index in [9.17, 15) is 14.4 Å². The first-order valence-electron chi connectivity index (χ1n) is 8.69. The van der Waals surface area contributed by atoms with E-state index in [1.165, 1.54) is 14.0 Å². The van der Waals surface area contributed by atoms with Crippen molar-refractivity contribution in [2.24, 2.45) is 0 Å². The van der Waals surface area contributed by atoms with Gasteiger partial charge in [0.15, 0.2) is 0 Å². The minimum atomic E-state index is -0.518. The van der Waals surface area contributed by atoms with Gasteiger partial charge in [0.1, 0.15) is 0 Å². The number of benzene rings is 2. The van der Waals surface area contributed by atoms with Gasteiger partial charge < -0.3 is 15.0 Å². The van der Waals surface area contributed by atoms with Crippen molar-refractivity contribution in [2.75, 3.05) is 19.0 Å². The maximum atomic E-state index is 12.3. The molecule has 0 unspecified atom stereocenters. The van der Waals surface area contributed by atoms with Gasteiger partial charge in [-0.05, 0) is 24.6 Å². The fraction of sp³-hybridized carbons (Fsp3) is 0.286.